The summed E-state index contributed by atoms with van der Waals surface area (Å²) in [5, 5.41) is 2.59. The van der Waals surface area contributed by atoms with Crippen molar-refractivity contribution in [3.05, 3.63) is 65.4 Å². The highest BCUT2D eigenvalue weighted by Gasteiger charge is 2.10. The molecule has 1 aromatic heterocycles. The number of aryl methyl sites for hydroxylation is 2. The standard InChI is InChI=1S/C21H23N/c1-14(2)9-18-13-22-21(20-8-6-5-7-19(18)20)17-11-15(3)10-16(4)12-17/h5-8,10-14H,9H2,1-4H3. The summed E-state index contributed by atoms with van der Waals surface area (Å²) in [7, 11) is 0. The first-order chi connectivity index (χ1) is 10.5. The van der Waals surface area contributed by atoms with Gasteiger partial charge < -0.3 is 0 Å². The molecule has 0 radical (unpaired) electrons. The Kier molecular flexibility index (Phi) is 3.98. The Bertz CT molecular complexity index is 795. The predicted octanol–water partition coefficient (Wildman–Crippen LogP) is 5.72. The molecule has 0 bridgehead atoms. The molecule has 1 heterocycles. The Morgan fingerprint density at radius 2 is 1.55 bits per heavy atom. The fraction of sp³-hybridized carbons (Fsp3) is 0.286. The molecule has 22 heavy (non-hydrogen) atoms. The number of aromatic nitrogens is 1. The van der Waals surface area contributed by atoms with Crippen LogP contribution < -0.4 is 0 Å². The number of benzene rings is 2. The monoisotopic (exact) mass is 289 g/mol. The quantitative estimate of drug-likeness (QED) is 0.601. The van der Waals surface area contributed by atoms with Crippen molar-refractivity contribution < 1.29 is 0 Å². The Morgan fingerprint density at radius 3 is 2.18 bits per heavy atom. The van der Waals surface area contributed by atoms with E-state index < -0.39 is 0 Å². The van der Waals surface area contributed by atoms with E-state index in [-0.39, 0.29) is 0 Å². The van der Waals surface area contributed by atoms with Gasteiger partial charge in [-0.15, -0.1) is 0 Å². The fourth-order valence-corrected chi connectivity index (χ4v) is 3.20. The van der Waals surface area contributed by atoms with Crippen LogP contribution in [0.4, 0.5) is 0 Å². The summed E-state index contributed by atoms with van der Waals surface area (Å²) >= 11 is 0. The smallest absolute Gasteiger partial charge is 0.0780 e. The minimum atomic E-state index is 0.636. The van der Waals surface area contributed by atoms with E-state index in [9.17, 15) is 0 Å². The van der Waals surface area contributed by atoms with Gasteiger partial charge in [-0.25, -0.2) is 0 Å². The molecule has 0 unspecified atom stereocenters. The van der Waals surface area contributed by atoms with Crippen LogP contribution >= 0.6 is 0 Å². The van der Waals surface area contributed by atoms with Crippen molar-refractivity contribution in [3.63, 3.8) is 0 Å². The van der Waals surface area contributed by atoms with Crippen LogP contribution in [0.1, 0.15) is 30.5 Å². The fourth-order valence-electron chi connectivity index (χ4n) is 3.20. The summed E-state index contributed by atoms with van der Waals surface area (Å²) in [6, 6.07) is 15.3. The predicted molar refractivity (Wildman–Crippen MR) is 95.2 cm³/mol. The van der Waals surface area contributed by atoms with Crippen LogP contribution in [0.15, 0.2) is 48.7 Å². The van der Waals surface area contributed by atoms with Crippen molar-refractivity contribution in [2.24, 2.45) is 5.92 Å². The van der Waals surface area contributed by atoms with Crippen molar-refractivity contribution in [2.75, 3.05) is 0 Å². The van der Waals surface area contributed by atoms with Gasteiger partial charge in [0.25, 0.3) is 0 Å². The van der Waals surface area contributed by atoms with E-state index in [0.717, 1.165) is 12.1 Å². The van der Waals surface area contributed by atoms with Gasteiger partial charge in [0, 0.05) is 17.1 Å². The first-order valence-electron chi connectivity index (χ1n) is 8.00. The van der Waals surface area contributed by atoms with Crippen molar-refractivity contribution in [2.45, 2.75) is 34.1 Å². The molecule has 1 nitrogen and oxygen atoms in total. The molecular formula is C21H23N. The van der Waals surface area contributed by atoms with E-state index in [1.54, 1.807) is 0 Å². The molecule has 0 saturated carbocycles. The summed E-state index contributed by atoms with van der Waals surface area (Å²) < 4.78 is 0. The Morgan fingerprint density at radius 1 is 0.909 bits per heavy atom. The zero-order valence-electron chi connectivity index (χ0n) is 13.9. The van der Waals surface area contributed by atoms with E-state index in [1.165, 1.54) is 33.0 Å². The number of hydrogen-bond donors (Lipinski definition) is 0. The maximum absolute atomic E-state index is 4.81. The minimum absolute atomic E-state index is 0.636. The van der Waals surface area contributed by atoms with Gasteiger partial charge in [-0.1, -0.05) is 55.3 Å². The number of pyridine rings is 1. The Hall–Kier alpha value is -2.15. The van der Waals surface area contributed by atoms with Crippen LogP contribution in [-0.2, 0) is 6.42 Å². The van der Waals surface area contributed by atoms with E-state index >= 15 is 0 Å². The van der Waals surface area contributed by atoms with Crippen LogP contribution in [0.5, 0.6) is 0 Å². The van der Waals surface area contributed by atoms with E-state index in [0.29, 0.717) is 5.92 Å². The van der Waals surface area contributed by atoms with Gasteiger partial charge in [0.1, 0.15) is 0 Å². The van der Waals surface area contributed by atoms with Gasteiger partial charge in [-0.2, -0.15) is 0 Å². The second kappa shape index (κ2) is 5.92. The zero-order chi connectivity index (χ0) is 15.7. The lowest BCUT2D eigenvalue weighted by Crippen LogP contribution is -1.98. The van der Waals surface area contributed by atoms with Gasteiger partial charge in [-0.05, 0) is 49.3 Å². The SMILES string of the molecule is Cc1cc(C)cc(-c2ncc(CC(C)C)c3ccccc23)c1. The molecule has 0 N–H and O–H groups in total. The normalized spacial score (nSPS) is 11.3. The molecule has 0 saturated heterocycles. The second-order valence-electron chi connectivity index (χ2n) is 6.65. The largest absolute Gasteiger partial charge is 0.255 e. The molecule has 1 heteroatoms. The van der Waals surface area contributed by atoms with Crippen LogP contribution in [0.2, 0.25) is 0 Å². The molecule has 0 aliphatic heterocycles. The molecule has 0 aliphatic rings. The molecule has 0 aliphatic carbocycles. The van der Waals surface area contributed by atoms with E-state index in [2.05, 4.69) is 76.4 Å². The average Bonchev–Trinajstić information content (AvgIpc) is 2.46. The van der Waals surface area contributed by atoms with Crippen molar-refractivity contribution in [1.29, 1.82) is 0 Å². The highest BCUT2D eigenvalue weighted by molar-refractivity contribution is 5.96. The first kappa shape index (κ1) is 14.8. The maximum Gasteiger partial charge on any atom is 0.0780 e. The number of nitrogens with zero attached hydrogens (tertiary/aromatic N) is 1. The molecule has 3 rings (SSSR count). The highest BCUT2D eigenvalue weighted by atomic mass is 14.7. The van der Waals surface area contributed by atoms with Crippen molar-refractivity contribution >= 4 is 10.8 Å². The number of fused-ring (bicyclic) bond motifs is 1. The molecule has 0 atom stereocenters. The van der Waals surface area contributed by atoms with E-state index in [1.807, 2.05) is 0 Å². The molecular weight excluding hydrogens is 266 g/mol. The average molecular weight is 289 g/mol. The lowest BCUT2D eigenvalue weighted by Gasteiger charge is -2.13. The summed E-state index contributed by atoms with van der Waals surface area (Å²) in [5.41, 5.74) is 6.22. The van der Waals surface area contributed by atoms with E-state index in [4.69, 9.17) is 4.98 Å². The zero-order valence-corrected chi connectivity index (χ0v) is 13.9. The highest BCUT2D eigenvalue weighted by Crippen LogP contribution is 2.30. The third-order valence-electron chi connectivity index (χ3n) is 4.00. The molecule has 3 aromatic rings. The van der Waals surface area contributed by atoms with Crippen molar-refractivity contribution in [3.8, 4) is 11.3 Å². The van der Waals surface area contributed by atoms with Gasteiger partial charge in [0.2, 0.25) is 0 Å². The summed E-state index contributed by atoms with van der Waals surface area (Å²) in [4.78, 5) is 4.81. The second-order valence-corrected chi connectivity index (χ2v) is 6.65. The lowest BCUT2D eigenvalue weighted by atomic mass is 9.95. The first-order valence-corrected chi connectivity index (χ1v) is 8.00. The Balaban J connectivity index is 2.23. The molecule has 0 fully saturated rings. The van der Waals surface area contributed by atoms with Crippen LogP contribution in [0.3, 0.4) is 0 Å². The molecule has 0 amide bonds. The van der Waals surface area contributed by atoms with Gasteiger partial charge in [0.15, 0.2) is 0 Å². The Labute approximate surface area is 133 Å². The third-order valence-corrected chi connectivity index (χ3v) is 4.00. The molecule has 112 valence electrons. The van der Waals surface area contributed by atoms with Crippen LogP contribution in [0, 0.1) is 19.8 Å². The maximum atomic E-state index is 4.81. The molecule has 0 spiro atoms. The van der Waals surface area contributed by atoms with Crippen LogP contribution in [0.25, 0.3) is 22.0 Å². The minimum Gasteiger partial charge on any atom is -0.255 e. The summed E-state index contributed by atoms with van der Waals surface area (Å²) in [6.07, 6.45) is 3.13. The van der Waals surface area contributed by atoms with Crippen molar-refractivity contribution in [1.82, 2.24) is 4.98 Å². The number of rotatable bonds is 3. The summed E-state index contributed by atoms with van der Waals surface area (Å²) in [5.74, 6) is 0.636. The lowest BCUT2D eigenvalue weighted by molar-refractivity contribution is 0.649. The van der Waals surface area contributed by atoms with Gasteiger partial charge >= 0.3 is 0 Å². The van der Waals surface area contributed by atoms with Gasteiger partial charge in [0.05, 0.1) is 5.69 Å². The van der Waals surface area contributed by atoms with Gasteiger partial charge in [-0.3, -0.25) is 4.98 Å². The number of hydrogen-bond acceptors (Lipinski definition) is 1. The summed E-state index contributed by atoms with van der Waals surface area (Å²) in [6.45, 7) is 8.80. The third kappa shape index (κ3) is 2.89. The topological polar surface area (TPSA) is 12.9 Å². The molecule has 2 aromatic carbocycles. The van der Waals surface area contributed by atoms with Crippen LogP contribution in [-0.4, -0.2) is 4.98 Å².